The molecule has 4 nitrogen and oxygen atoms in total. The van der Waals surface area contributed by atoms with Crippen molar-refractivity contribution in [2.75, 3.05) is 13.7 Å². The lowest BCUT2D eigenvalue weighted by Gasteiger charge is -2.50. The number of benzene rings is 1. The predicted molar refractivity (Wildman–Crippen MR) is 91.2 cm³/mol. The van der Waals surface area contributed by atoms with Gasteiger partial charge in [-0.2, -0.15) is 0 Å². The van der Waals surface area contributed by atoms with Gasteiger partial charge in [0.05, 0.1) is 13.2 Å². The fourth-order valence-electron chi connectivity index (χ4n) is 6.08. The average molecular weight is 332 g/mol. The van der Waals surface area contributed by atoms with Crippen molar-refractivity contribution in [1.82, 2.24) is 0 Å². The molecule has 1 aromatic rings. The molecule has 1 unspecified atom stereocenters. The molecular weight excluding hydrogens is 304 g/mol. The average Bonchev–Trinajstić information content (AvgIpc) is 2.85. The van der Waals surface area contributed by atoms with E-state index in [0.29, 0.717) is 23.5 Å². The Morgan fingerprint density at radius 1 is 1.29 bits per heavy atom. The maximum Gasteiger partial charge on any atom is 0.160 e. The van der Waals surface area contributed by atoms with Gasteiger partial charge in [-0.15, -0.1) is 0 Å². The van der Waals surface area contributed by atoms with Gasteiger partial charge in [-0.3, -0.25) is 0 Å². The van der Waals surface area contributed by atoms with Gasteiger partial charge in [0, 0.05) is 12.5 Å². The molecule has 3 aliphatic rings. The number of fused-ring (bicyclic) bond motifs is 5. The summed E-state index contributed by atoms with van der Waals surface area (Å²) in [5.74, 6) is 2.31. The lowest BCUT2D eigenvalue weighted by molar-refractivity contribution is -0.0379. The molecule has 0 aromatic heterocycles. The molecule has 3 aliphatic carbocycles. The fourth-order valence-corrected chi connectivity index (χ4v) is 6.08. The van der Waals surface area contributed by atoms with Crippen LogP contribution in [0.2, 0.25) is 0 Å². The second-order valence-electron chi connectivity index (χ2n) is 8.31. The van der Waals surface area contributed by atoms with Crippen LogP contribution in [0.1, 0.15) is 49.7 Å². The van der Waals surface area contributed by atoms with Gasteiger partial charge in [0.2, 0.25) is 0 Å². The van der Waals surface area contributed by atoms with Crippen molar-refractivity contribution >= 4 is 0 Å². The van der Waals surface area contributed by atoms with E-state index in [9.17, 15) is 15.3 Å². The fraction of sp³-hybridized carbons (Fsp3) is 0.700. The molecule has 132 valence electrons. The van der Waals surface area contributed by atoms with Gasteiger partial charge < -0.3 is 20.1 Å². The van der Waals surface area contributed by atoms with Crippen LogP contribution in [0.25, 0.3) is 0 Å². The lowest BCUT2D eigenvalue weighted by Crippen LogP contribution is -2.44. The molecule has 24 heavy (non-hydrogen) atoms. The molecule has 0 spiro atoms. The molecule has 0 radical (unpaired) electrons. The number of phenolic OH excluding ortho intramolecular Hbond substituents is 1. The van der Waals surface area contributed by atoms with E-state index in [4.69, 9.17) is 4.74 Å². The maximum atomic E-state index is 10.7. The first-order valence-electron chi connectivity index (χ1n) is 9.18. The van der Waals surface area contributed by atoms with Crippen molar-refractivity contribution in [3.63, 3.8) is 0 Å². The third kappa shape index (κ3) is 2.12. The first kappa shape index (κ1) is 16.2. The number of aliphatic hydroxyl groups excluding tert-OH is 2. The van der Waals surface area contributed by atoms with Crippen molar-refractivity contribution < 1.29 is 20.1 Å². The van der Waals surface area contributed by atoms with E-state index in [2.05, 4.69) is 6.92 Å². The van der Waals surface area contributed by atoms with E-state index in [1.165, 1.54) is 11.1 Å². The smallest absolute Gasteiger partial charge is 0.160 e. The second kappa shape index (κ2) is 5.63. The van der Waals surface area contributed by atoms with Crippen LogP contribution < -0.4 is 4.74 Å². The van der Waals surface area contributed by atoms with Crippen molar-refractivity contribution in [3.05, 3.63) is 23.3 Å². The number of aryl methyl sites for hydroxylation is 1. The summed E-state index contributed by atoms with van der Waals surface area (Å²) in [7, 11) is 1.60. The molecule has 0 amide bonds. The summed E-state index contributed by atoms with van der Waals surface area (Å²) in [5, 5.41) is 30.4. The molecule has 1 aromatic carbocycles. The Bertz CT molecular complexity index is 643. The zero-order chi connectivity index (χ0) is 17.1. The van der Waals surface area contributed by atoms with Crippen LogP contribution in [0.3, 0.4) is 0 Å². The van der Waals surface area contributed by atoms with Crippen LogP contribution in [0, 0.1) is 23.2 Å². The molecule has 4 heteroatoms. The van der Waals surface area contributed by atoms with E-state index < -0.39 is 0 Å². The molecule has 0 heterocycles. The van der Waals surface area contributed by atoms with Crippen LogP contribution in [-0.2, 0) is 6.42 Å². The van der Waals surface area contributed by atoms with Gasteiger partial charge in [0.1, 0.15) is 0 Å². The Kier molecular flexibility index (Phi) is 3.81. The predicted octanol–water partition coefficient (Wildman–Crippen LogP) is 2.84. The van der Waals surface area contributed by atoms with Gasteiger partial charge in [-0.05, 0) is 78.5 Å². The van der Waals surface area contributed by atoms with Gasteiger partial charge in [0.15, 0.2) is 11.5 Å². The second-order valence-corrected chi connectivity index (χ2v) is 8.31. The molecule has 3 N–H and O–H groups in total. The van der Waals surface area contributed by atoms with Crippen molar-refractivity contribution in [2.45, 2.75) is 51.0 Å². The molecule has 6 atom stereocenters. The third-order valence-electron chi connectivity index (χ3n) is 7.38. The van der Waals surface area contributed by atoms with E-state index in [1.807, 2.05) is 12.1 Å². The zero-order valence-corrected chi connectivity index (χ0v) is 14.5. The van der Waals surface area contributed by atoms with Crippen LogP contribution in [0.5, 0.6) is 11.5 Å². The highest BCUT2D eigenvalue weighted by Gasteiger charge is 2.57. The SMILES string of the molecule is COc1cc2c(cc1O)CC[C@@H]1[C@@H]2CC[C@]2(C)[C@H](O)C(CO)C[C@@H]12. The van der Waals surface area contributed by atoms with Crippen LogP contribution in [0.15, 0.2) is 12.1 Å². The summed E-state index contributed by atoms with van der Waals surface area (Å²) < 4.78 is 5.33. The molecule has 0 saturated heterocycles. The highest BCUT2D eigenvalue weighted by Crippen LogP contribution is 2.62. The van der Waals surface area contributed by atoms with Crippen LogP contribution in [0.4, 0.5) is 0 Å². The molecule has 2 fully saturated rings. The van der Waals surface area contributed by atoms with E-state index >= 15 is 0 Å². The summed E-state index contributed by atoms with van der Waals surface area (Å²) >= 11 is 0. The summed E-state index contributed by atoms with van der Waals surface area (Å²) in [6.45, 7) is 2.31. The van der Waals surface area contributed by atoms with Crippen LogP contribution >= 0.6 is 0 Å². The largest absolute Gasteiger partial charge is 0.504 e. The quantitative estimate of drug-likeness (QED) is 0.779. The highest BCUT2D eigenvalue weighted by atomic mass is 16.5. The third-order valence-corrected chi connectivity index (χ3v) is 7.38. The first-order chi connectivity index (χ1) is 11.5. The Morgan fingerprint density at radius 3 is 2.79 bits per heavy atom. The van der Waals surface area contributed by atoms with E-state index in [1.54, 1.807) is 7.11 Å². The topological polar surface area (TPSA) is 69.9 Å². The first-order valence-corrected chi connectivity index (χ1v) is 9.18. The number of ether oxygens (including phenoxy) is 1. The Morgan fingerprint density at radius 2 is 2.08 bits per heavy atom. The number of methoxy groups -OCH3 is 1. The van der Waals surface area contributed by atoms with Gasteiger partial charge >= 0.3 is 0 Å². The number of rotatable bonds is 2. The molecular formula is C20H28O4. The van der Waals surface area contributed by atoms with Crippen molar-refractivity contribution in [1.29, 1.82) is 0 Å². The number of hydrogen-bond acceptors (Lipinski definition) is 4. The minimum Gasteiger partial charge on any atom is -0.504 e. The molecule has 2 saturated carbocycles. The van der Waals surface area contributed by atoms with Crippen molar-refractivity contribution in [2.24, 2.45) is 23.2 Å². The Labute approximate surface area is 143 Å². The monoisotopic (exact) mass is 332 g/mol. The summed E-state index contributed by atoms with van der Waals surface area (Å²) in [6, 6.07) is 3.90. The van der Waals surface area contributed by atoms with Crippen LogP contribution in [-0.4, -0.2) is 35.1 Å². The number of aromatic hydroxyl groups is 1. The molecule has 4 rings (SSSR count). The standard InChI is InChI=1S/C20H28O4/c1-20-6-5-13-14(16(20)7-12(10-21)19(20)23)4-3-11-8-17(22)18(24-2)9-15(11)13/h8-9,12-14,16,19,21-23H,3-7,10H2,1-2H3/t12?,13-,14+,16-,19+,20-/m0/s1. The van der Waals surface area contributed by atoms with Gasteiger partial charge in [-0.1, -0.05) is 6.92 Å². The minimum absolute atomic E-state index is 0.0227. The Balaban J connectivity index is 1.70. The Hall–Kier alpha value is -1.26. The minimum atomic E-state index is -0.385. The normalized spacial score (nSPS) is 40.6. The number of hydrogen-bond donors (Lipinski definition) is 3. The number of aliphatic hydroxyl groups is 2. The summed E-state index contributed by atoms with van der Waals surface area (Å²) in [5.41, 5.74) is 2.51. The molecule has 0 bridgehead atoms. The van der Waals surface area contributed by atoms with E-state index in [-0.39, 0.29) is 29.8 Å². The highest BCUT2D eigenvalue weighted by molar-refractivity contribution is 5.49. The summed E-state index contributed by atoms with van der Waals surface area (Å²) in [4.78, 5) is 0. The lowest BCUT2D eigenvalue weighted by atomic mass is 9.55. The van der Waals surface area contributed by atoms with Crippen molar-refractivity contribution in [3.8, 4) is 11.5 Å². The van der Waals surface area contributed by atoms with E-state index in [0.717, 1.165) is 32.1 Å². The number of phenols is 1. The zero-order valence-electron chi connectivity index (χ0n) is 14.5. The van der Waals surface area contributed by atoms with Gasteiger partial charge in [0.25, 0.3) is 0 Å². The maximum absolute atomic E-state index is 10.7. The van der Waals surface area contributed by atoms with Gasteiger partial charge in [-0.25, -0.2) is 0 Å². The molecule has 0 aliphatic heterocycles. The summed E-state index contributed by atoms with van der Waals surface area (Å²) in [6.07, 6.45) is 4.69.